The number of carbonyl (C=O) groups excluding carboxylic acids is 1. The second kappa shape index (κ2) is 4.75. The molecule has 1 atom stereocenters. The van der Waals surface area contributed by atoms with E-state index in [0.717, 1.165) is 12.8 Å². The molecular formula is C12H13N5O2. The van der Waals surface area contributed by atoms with Gasteiger partial charge in [0.1, 0.15) is 5.69 Å². The Morgan fingerprint density at radius 1 is 1.47 bits per heavy atom. The molecule has 7 heteroatoms. The van der Waals surface area contributed by atoms with Crippen molar-refractivity contribution in [2.24, 2.45) is 0 Å². The highest BCUT2D eigenvalue weighted by Gasteiger charge is 2.34. The van der Waals surface area contributed by atoms with Gasteiger partial charge >= 0.3 is 0 Å². The molecule has 7 nitrogen and oxygen atoms in total. The van der Waals surface area contributed by atoms with Crippen LogP contribution < -0.4 is 0 Å². The van der Waals surface area contributed by atoms with Gasteiger partial charge in [0.15, 0.2) is 5.82 Å². The molecule has 0 N–H and O–H groups in total. The molecule has 0 aromatic carbocycles. The first-order valence-corrected chi connectivity index (χ1v) is 6.13. The summed E-state index contributed by atoms with van der Waals surface area (Å²) in [4.78, 5) is 26.3. The number of likely N-dealkylation sites (tertiary alicyclic amines) is 1. The van der Waals surface area contributed by atoms with Gasteiger partial charge in [-0.1, -0.05) is 5.16 Å². The van der Waals surface area contributed by atoms with Gasteiger partial charge in [0.2, 0.25) is 5.89 Å². The summed E-state index contributed by atoms with van der Waals surface area (Å²) >= 11 is 0. The van der Waals surface area contributed by atoms with Crippen molar-refractivity contribution in [1.82, 2.24) is 25.0 Å². The lowest BCUT2D eigenvalue weighted by Gasteiger charge is -2.21. The van der Waals surface area contributed by atoms with Gasteiger partial charge in [-0.2, -0.15) is 4.98 Å². The lowest BCUT2D eigenvalue weighted by molar-refractivity contribution is 0.0722. The number of rotatable bonds is 2. The summed E-state index contributed by atoms with van der Waals surface area (Å²) in [6.07, 6.45) is 6.28. The van der Waals surface area contributed by atoms with Crippen molar-refractivity contribution in [3.63, 3.8) is 0 Å². The van der Waals surface area contributed by atoms with Crippen molar-refractivity contribution < 1.29 is 9.32 Å². The lowest BCUT2D eigenvalue weighted by atomic mass is 10.2. The van der Waals surface area contributed by atoms with Crippen LogP contribution in [0.4, 0.5) is 0 Å². The van der Waals surface area contributed by atoms with Gasteiger partial charge < -0.3 is 9.42 Å². The van der Waals surface area contributed by atoms with Crippen LogP contribution in [0.2, 0.25) is 0 Å². The summed E-state index contributed by atoms with van der Waals surface area (Å²) in [5, 5.41) is 3.91. The third-order valence-corrected chi connectivity index (χ3v) is 3.14. The zero-order valence-corrected chi connectivity index (χ0v) is 10.5. The molecule has 1 aliphatic rings. The number of amides is 1. The Morgan fingerprint density at radius 3 is 3.05 bits per heavy atom. The number of aryl methyl sites for hydroxylation is 1. The molecule has 1 amide bonds. The number of carbonyl (C=O) groups is 1. The van der Waals surface area contributed by atoms with Crippen LogP contribution in [0.5, 0.6) is 0 Å². The molecule has 0 saturated carbocycles. The van der Waals surface area contributed by atoms with E-state index >= 15 is 0 Å². The van der Waals surface area contributed by atoms with Gasteiger partial charge in [-0.15, -0.1) is 0 Å². The molecule has 2 aromatic rings. The van der Waals surface area contributed by atoms with Gasteiger partial charge in [0.05, 0.1) is 12.2 Å². The highest BCUT2D eigenvalue weighted by molar-refractivity contribution is 5.92. The highest BCUT2D eigenvalue weighted by atomic mass is 16.5. The summed E-state index contributed by atoms with van der Waals surface area (Å²) in [5.74, 6) is 0.930. The van der Waals surface area contributed by atoms with Gasteiger partial charge in [0.25, 0.3) is 5.91 Å². The normalized spacial score (nSPS) is 18.8. The van der Waals surface area contributed by atoms with Crippen molar-refractivity contribution in [3.8, 4) is 0 Å². The van der Waals surface area contributed by atoms with Gasteiger partial charge in [-0.3, -0.25) is 9.78 Å². The maximum Gasteiger partial charge on any atom is 0.274 e. The van der Waals surface area contributed by atoms with Crippen molar-refractivity contribution in [2.45, 2.75) is 25.8 Å². The third-order valence-electron chi connectivity index (χ3n) is 3.14. The molecule has 0 spiro atoms. The largest absolute Gasteiger partial charge is 0.340 e. The van der Waals surface area contributed by atoms with Gasteiger partial charge in [-0.05, 0) is 12.8 Å². The standard InChI is InChI=1S/C12H13N5O2/c1-8-15-11(16-19-8)10-3-2-6-17(10)12(18)9-7-13-4-5-14-9/h4-5,7,10H,2-3,6H2,1H3. The maximum absolute atomic E-state index is 12.4. The summed E-state index contributed by atoms with van der Waals surface area (Å²) in [5.41, 5.74) is 0.342. The lowest BCUT2D eigenvalue weighted by Crippen LogP contribution is -2.31. The second-order valence-corrected chi connectivity index (χ2v) is 4.42. The van der Waals surface area contributed by atoms with E-state index < -0.39 is 0 Å². The quantitative estimate of drug-likeness (QED) is 0.804. The van der Waals surface area contributed by atoms with Crippen LogP contribution in [0, 0.1) is 6.92 Å². The Bertz CT molecular complexity index is 583. The molecule has 19 heavy (non-hydrogen) atoms. The predicted molar refractivity (Wildman–Crippen MR) is 64.1 cm³/mol. The molecule has 1 unspecified atom stereocenters. The number of hydrogen-bond donors (Lipinski definition) is 0. The smallest absolute Gasteiger partial charge is 0.274 e. The predicted octanol–water partition coefficient (Wildman–Crippen LogP) is 1.15. The molecule has 3 rings (SSSR count). The number of hydrogen-bond acceptors (Lipinski definition) is 6. The van der Waals surface area contributed by atoms with E-state index in [2.05, 4.69) is 20.1 Å². The Hall–Kier alpha value is -2.31. The zero-order valence-electron chi connectivity index (χ0n) is 10.5. The maximum atomic E-state index is 12.4. The summed E-state index contributed by atoms with van der Waals surface area (Å²) in [7, 11) is 0. The van der Waals surface area contributed by atoms with Gasteiger partial charge in [0, 0.05) is 25.9 Å². The van der Waals surface area contributed by atoms with E-state index in [1.54, 1.807) is 18.0 Å². The summed E-state index contributed by atoms with van der Waals surface area (Å²) in [6.45, 7) is 2.41. The highest BCUT2D eigenvalue weighted by Crippen LogP contribution is 2.30. The number of nitrogens with zero attached hydrogens (tertiary/aromatic N) is 5. The molecule has 3 heterocycles. The minimum atomic E-state index is -0.141. The Labute approximate surface area is 109 Å². The molecule has 2 aromatic heterocycles. The first-order chi connectivity index (χ1) is 9.25. The Kier molecular flexibility index (Phi) is 2.94. The Morgan fingerprint density at radius 2 is 2.37 bits per heavy atom. The first-order valence-electron chi connectivity index (χ1n) is 6.13. The molecule has 1 aliphatic heterocycles. The van der Waals surface area contributed by atoms with Crippen molar-refractivity contribution in [2.75, 3.05) is 6.54 Å². The average Bonchev–Trinajstić information content (AvgIpc) is 3.07. The third kappa shape index (κ3) is 2.18. The van der Waals surface area contributed by atoms with Crippen LogP contribution in [0.1, 0.15) is 41.1 Å². The van der Waals surface area contributed by atoms with Crippen molar-refractivity contribution >= 4 is 5.91 Å². The minimum Gasteiger partial charge on any atom is -0.340 e. The second-order valence-electron chi connectivity index (χ2n) is 4.42. The van der Waals surface area contributed by atoms with Crippen LogP contribution in [-0.4, -0.2) is 37.5 Å². The van der Waals surface area contributed by atoms with Crippen molar-refractivity contribution in [3.05, 3.63) is 36.0 Å². The fourth-order valence-corrected chi connectivity index (χ4v) is 2.29. The van der Waals surface area contributed by atoms with Crippen LogP contribution in [0.25, 0.3) is 0 Å². The van der Waals surface area contributed by atoms with Gasteiger partial charge in [-0.25, -0.2) is 4.98 Å². The average molecular weight is 259 g/mol. The van der Waals surface area contributed by atoms with E-state index in [4.69, 9.17) is 4.52 Å². The minimum absolute atomic E-state index is 0.132. The van der Waals surface area contributed by atoms with E-state index in [-0.39, 0.29) is 11.9 Å². The molecule has 1 saturated heterocycles. The number of aromatic nitrogens is 4. The van der Waals surface area contributed by atoms with E-state index in [9.17, 15) is 4.79 Å². The van der Waals surface area contributed by atoms with Crippen LogP contribution >= 0.6 is 0 Å². The Balaban J connectivity index is 1.86. The first kappa shape index (κ1) is 11.8. The SMILES string of the molecule is Cc1nc(C2CCCN2C(=O)c2cnccn2)no1. The monoisotopic (exact) mass is 259 g/mol. The van der Waals surface area contributed by atoms with E-state index in [1.165, 1.54) is 12.4 Å². The van der Waals surface area contributed by atoms with E-state index in [0.29, 0.717) is 24.0 Å². The summed E-state index contributed by atoms with van der Waals surface area (Å²) in [6, 6.07) is -0.132. The fourth-order valence-electron chi connectivity index (χ4n) is 2.29. The van der Waals surface area contributed by atoms with Crippen LogP contribution in [-0.2, 0) is 0 Å². The fraction of sp³-hybridized carbons (Fsp3) is 0.417. The van der Waals surface area contributed by atoms with Crippen molar-refractivity contribution in [1.29, 1.82) is 0 Å². The topological polar surface area (TPSA) is 85.0 Å². The molecule has 1 fully saturated rings. The molecule has 0 radical (unpaired) electrons. The zero-order chi connectivity index (χ0) is 13.2. The molecular weight excluding hydrogens is 246 g/mol. The van der Waals surface area contributed by atoms with E-state index in [1.807, 2.05) is 0 Å². The molecule has 98 valence electrons. The van der Waals surface area contributed by atoms with Crippen LogP contribution in [0.15, 0.2) is 23.1 Å². The molecule has 0 aliphatic carbocycles. The molecule has 0 bridgehead atoms. The summed E-state index contributed by atoms with van der Waals surface area (Å²) < 4.78 is 4.98. The van der Waals surface area contributed by atoms with Crippen LogP contribution in [0.3, 0.4) is 0 Å².